The molecule has 0 saturated carbocycles. The van der Waals surface area contributed by atoms with E-state index in [1.807, 2.05) is 54.1 Å². The zero-order chi connectivity index (χ0) is 19.5. The van der Waals surface area contributed by atoms with Crippen molar-refractivity contribution < 1.29 is 0 Å². The molecule has 0 unspecified atom stereocenters. The van der Waals surface area contributed by atoms with Gasteiger partial charge in [-0.3, -0.25) is 0 Å². The summed E-state index contributed by atoms with van der Waals surface area (Å²) in [5.74, 6) is 0.456. The largest absolute Gasteiger partial charge is 0.323 e. The van der Waals surface area contributed by atoms with Crippen LogP contribution in [0.3, 0.4) is 0 Å². The Morgan fingerprint density at radius 3 is 2.79 bits per heavy atom. The summed E-state index contributed by atoms with van der Waals surface area (Å²) in [6, 6.07) is 15.4. The van der Waals surface area contributed by atoms with Crippen molar-refractivity contribution in [2.45, 2.75) is 13.5 Å². The Morgan fingerprint density at radius 1 is 1.14 bits per heavy atom. The zero-order valence-corrected chi connectivity index (χ0v) is 15.8. The number of rotatable bonds is 5. The fraction of sp³-hybridized carbons (Fsp3) is 0.100. The van der Waals surface area contributed by atoms with Crippen LogP contribution in [0.2, 0.25) is 5.02 Å². The molecular weight excluding hydrogens is 374 g/mol. The Morgan fingerprint density at radius 2 is 2.04 bits per heavy atom. The minimum Gasteiger partial charge on any atom is -0.323 e. The van der Waals surface area contributed by atoms with E-state index in [-0.39, 0.29) is 0 Å². The van der Waals surface area contributed by atoms with Crippen molar-refractivity contribution in [1.82, 2.24) is 24.3 Å². The number of hydrogen-bond acceptors (Lipinski definition) is 5. The van der Waals surface area contributed by atoms with Crippen LogP contribution in [-0.4, -0.2) is 24.3 Å². The summed E-state index contributed by atoms with van der Waals surface area (Å²) >= 11 is 6.02. The summed E-state index contributed by atoms with van der Waals surface area (Å²) in [6.07, 6.45) is 5.22. The Labute approximate surface area is 166 Å². The summed E-state index contributed by atoms with van der Waals surface area (Å²) in [5, 5.41) is 17.8. The number of hydrogen-bond donors (Lipinski definition) is 1. The molecule has 0 amide bonds. The lowest BCUT2D eigenvalue weighted by Gasteiger charge is -2.08. The minimum atomic E-state index is 0.456. The lowest BCUT2D eigenvalue weighted by Crippen LogP contribution is -2.02. The van der Waals surface area contributed by atoms with Crippen LogP contribution in [-0.2, 0) is 6.54 Å². The smallest absolute Gasteiger partial charge is 0.246 e. The molecule has 0 bridgehead atoms. The molecule has 0 saturated heterocycles. The topological polar surface area (TPSA) is 84.4 Å². The third-order valence-corrected chi connectivity index (χ3v) is 4.37. The van der Waals surface area contributed by atoms with Crippen LogP contribution < -0.4 is 5.32 Å². The van der Waals surface area contributed by atoms with Gasteiger partial charge in [-0.1, -0.05) is 23.7 Å². The van der Waals surface area contributed by atoms with E-state index in [2.05, 4.69) is 26.5 Å². The molecule has 4 aromatic rings. The Balaban J connectivity index is 1.52. The van der Waals surface area contributed by atoms with Crippen molar-refractivity contribution in [3.05, 3.63) is 83.2 Å². The molecule has 0 atom stereocenters. The summed E-state index contributed by atoms with van der Waals surface area (Å²) in [5.41, 5.74) is 3.96. The zero-order valence-electron chi connectivity index (χ0n) is 15.0. The first kappa shape index (κ1) is 17.8. The van der Waals surface area contributed by atoms with Gasteiger partial charge in [0.25, 0.3) is 0 Å². The maximum absolute atomic E-state index is 9.51. The fourth-order valence-corrected chi connectivity index (χ4v) is 3.07. The van der Waals surface area contributed by atoms with Crippen molar-refractivity contribution >= 4 is 23.2 Å². The molecule has 0 fully saturated rings. The fourth-order valence-electron chi connectivity index (χ4n) is 2.86. The lowest BCUT2D eigenvalue weighted by molar-refractivity contribution is 0.687. The number of nitrogens with one attached hydrogen (secondary N) is 1. The van der Waals surface area contributed by atoms with Gasteiger partial charge >= 0.3 is 0 Å². The summed E-state index contributed by atoms with van der Waals surface area (Å²) in [4.78, 5) is 8.49. The average Bonchev–Trinajstić information content (AvgIpc) is 3.30. The third-order valence-electron chi connectivity index (χ3n) is 4.13. The van der Waals surface area contributed by atoms with E-state index in [0.29, 0.717) is 23.1 Å². The van der Waals surface area contributed by atoms with E-state index < -0.39 is 0 Å². The van der Waals surface area contributed by atoms with Gasteiger partial charge in [0.1, 0.15) is 12.4 Å². The summed E-state index contributed by atoms with van der Waals surface area (Å²) < 4.78 is 3.55. The molecule has 138 valence electrons. The van der Waals surface area contributed by atoms with Gasteiger partial charge in [0.2, 0.25) is 5.95 Å². The monoisotopic (exact) mass is 389 g/mol. The minimum absolute atomic E-state index is 0.456. The van der Waals surface area contributed by atoms with Crippen molar-refractivity contribution in [3.8, 4) is 11.8 Å². The van der Waals surface area contributed by atoms with Gasteiger partial charge in [-0.15, -0.1) is 5.10 Å². The van der Waals surface area contributed by atoms with Crippen molar-refractivity contribution in [1.29, 1.82) is 5.26 Å². The number of benzene rings is 2. The Hall–Kier alpha value is -3.63. The van der Waals surface area contributed by atoms with Gasteiger partial charge in [0, 0.05) is 16.9 Å². The maximum Gasteiger partial charge on any atom is 0.246 e. The van der Waals surface area contributed by atoms with Gasteiger partial charge < -0.3 is 9.88 Å². The van der Waals surface area contributed by atoms with E-state index in [0.717, 1.165) is 22.6 Å². The Kier molecular flexibility index (Phi) is 4.79. The highest BCUT2D eigenvalue weighted by Crippen LogP contribution is 2.21. The van der Waals surface area contributed by atoms with Crippen molar-refractivity contribution in [3.63, 3.8) is 0 Å². The molecule has 2 aromatic carbocycles. The highest BCUT2D eigenvalue weighted by atomic mass is 35.5. The molecule has 0 spiro atoms. The summed E-state index contributed by atoms with van der Waals surface area (Å²) in [6.45, 7) is 2.47. The second kappa shape index (κ2) is 7.55. The van der Waals surface area contributed by atoms with Crippen molar-refractivity contribution in [2.75, 3.05) is 5.32 Å². The van der Waals surface area contributed by atoms with Gasteiger partial charge in [-0.05, 0) is 42.8 Å². The number of anilines is 2. The number of aryl methyl sites for hydroxylation is 1. The molecule has 1 N–H and O–H groups in total. The standard InChI is InChI=1S/C20H16ClN7/c1-14-10-27(12-23-14)19-6-5-18(8-16(19)9-22)25-20-24-13-28(26-20)11-15-3-2-4-17(21)7-15/h2-8,10,12-13H,11H2,1H3,(H,25,26). The van der Waals surface area contributed by atoms with Gasteiger partial charge in [0.15, 0.2) is 0 Å². The number of nitriles is 1. The molecule has 0 radical (unpaired) electrons. The second-order valence-corrected chi connectivity index (χ2v) is 6.72. The maximum atomic E-state index is 9.51. The molecule has 0 aliphatic carbocycles. The van der Waals surface area contributed by atoms with Crippen LogP contribution in [0.25, 0.3) is 5.69 Å². The average molecular weight is 390 g/mol. The number of aromatic nitrogens is 5. The SMILES string of the molecule is Cc1cn(-c2ccc(Nc3ncn(Cc4cccc(Cl)c4)n3)cc2C#N)cn1. The van der Waals surface area contributed by atoms with Gasteiger partial charge in [0.05, 0.1) is 29.8 Å². The molecule has 2 heterocycles. The van der Waals surface area contributed by atoms with E-state index >= 15 is 0 Å². The second-order valence-electron chi connectivity index (χ2n) is 6.29. The predicted molar refractivity (Wildman–Crippen MR) is 107 cm³/mol. The first-order valence-electron chi connectivity index (χ1n) is 8.57. The van der Waals surface area contributed by atoms with Gasteiger partial charge in [-0.25, -0.2) is 14.6 Å². The molecule has 0 aliphatic heterocycles. The first-order chi connectivity index (χ1) is 13.6. The van der Waals surface area contributed by atoms with E-state index in [9.17, 15) is 5.26 Å². The van der Waals surface area contributed by atoms with Gasteiger partial charge in [-0.2, -0.15) is 5.26 Å². The Bertz CT molecular complexity index is 1170. The molecule has 28 heavy (non-hydrogen) atoms. The van der Waals surface area contributed by atoms with Crippen LogP contribution in [0.15, 0.2) is 61.3 Å². The summed E-state index contributed by atoms with van der Waals surface area (Å²) in [7, 11) is 0. The van der Waals surface area contributed by atoms with Crippen LogP contribution in [0, 0.1) is 18.3 Å². The lowest BCUT2D eigenvalue weighted by atomic mass is 10.1. The molecule has 8 heteroatoms. The van der Waals surface area contributed by atoms with Crippen LogP contribution in [0.1, 0.15) is 16.8 Å². The number of imidazole rings is 1. The van der Waals surface area contributed by atoms with Crippen molar-refractivity contribution in [2.24, 2.45) is 0 Å². The van der Waals surface area contributed by atoms with E-state index in [4.69, 9.17) is 11.6 Å². The molecule has 7 nitrogen and oxygen atoms in total. The van der Waals surface area contributed by atoms with E-state index in [1.54, 1.807) is 23.4 Å². The first-order valence-corrected chi connectivity index (χ1v) is 8.94. The molecular formula is C20H16ClN7. The normalized spacial score (nSPS) is 10.6. The highest BCUT2D eigenvalue weighted by molar-refractivity contribution is 6.30. The van der Waals surface area contributed by atoms with Crippen LogP contribution in [0.4, 0.5) is 11.6 Å². The predicted octanol–water partition coefficient (Wildman–Crippen LogP) is 4.09. The van der Waals surface area contributed by atoms with Crippen LogP contribution in [0.5, 0.6) is 0 Å². The van der Waals surface area contributed by atoms with E-state index in [1.165, 1.54) is 0 Å². The van der Waals surface area contributed by atoms with Crippen LogP contribution >= 0.6 is 11.6 Å². The quantitative estimate of drug-likeness (QED) is 0.555. The number of nitrogens with zero attached hydrogens (tertiary/aromatic N) is 6. The molecule has 4 rings (SSSR count). The highest BCUT2D eigenvalue weighted by Gasteiger charge is 2.08. The number of halogens is 1. The molecule has 2 aromatic heterocycles. The molecule has 0 aliphatic rings. The third kappa shape index (κ3) is 3.87.